The molecule has 25 heavy (non-hydrogen) atoms. The lowest BCUT2D eigenvalue weighted by molar-refractivity contribution is 0.0734. The first-order chi connectivity index (χ1) is 12.2. The smallest absolute Gasteiger partial charge is 0.274 e. The lowest BCUT2D eigenvalue weighted by Gasteiger charge is -2.25. The number of fused-ring (bicyclic) bond motifs is 1. The van der Waals surface area contributed by atoms with Crippen molar-refractivity contribution in [1.82, 2.24) is 19.2 Å². The first-order valence-corrected chi connectivity index (χ1v) is 10.6. The molecule has 1 unspecified atom stereocenters. The molecule has 2 aromatic heterocycles. The van der Waals surface area contributed by atoms with Crippen LogP contribution in [0, 0.1) is 0 Å². The molecule has 0 aliphatic carbocycles. The Hall–Kier alpha value is -1.40. The molecule has 2 aliphatic heterocycles. The summed E-state index contributed by atoms with van der Waals surface area (Å²) in [7, 11) is 0. The Morgan fingerprint density at radius 2 is 1.92 bits per heavy atom. The fraction of sp³-hybridized carbons (Fsp3) is 0.684. The molecule has 2 aliphatic rings. The van der Waals surface area contributed by atoms with E-state index in [-0.39, 0.29) is 5.91 Å². The number of imidazole rings is 1. The summed E-state index contributed by atoms with van der Waals surface area (Å²) in [6.07, 6.45) is 10.6. The Kier molecular flexibility index (Phi) is 5.08. The number of carbonyl (C=O) groups is 1. The highest BCUT2D eigenvalue weighted by molar-refractivity contribution is 7.15. The largest absolute Gasteiger partial charge is 0.337 e. The number of aromatic nitrogens is 2. The van der Waals surface area contributed by atoms with Crippen molar-refractivity contribution >= 4 is 22.2 Å². The highest BCUT2D eigenvalue weighted by Crippen LogP contribution is 2.25. The van der Waals surface area contributed by atoms with Crippen molar-refractivity contribution in [2.24, 2.45) is 0 Å². The summed E-state index contributed by atoms with van der Waals surface area (Å²) in [5, 5.41) is 2.06. The maximum Gasteiger partial charge on any atom is 0.274 e. The first kappa shape index (κ1) is 17.0. The molecule has 5 nitrogen and oxygen atoms in total. The lowest BCUT2D eigenvalue weighted by Crippen LogP contribution is -2.35. The molecule has 0 N–H and O–H groups in total. The molecule has 1 atom stereocenters. The van der Waals surface area contributed by atoms with Crippen molar-refractivity contribution in [3.63, 3.8) is 0 Å². The van der Waals surface area contributed by atoms with E-state index in [1.54, 1.807) is 11.3 Å². The van der Waals surface area contributed by atoms with Gasteiger partial charge in [-0.3, -0.25) is 14.1 Å². The predicted molar refractivity (Wildman–Crippen MR) is 101 cm³/mol. The van der Waals surface area contributed by atoms with E-state index in [0.717, 1.165) is 49.7 Å². The van der Waals surface area contributed by atoms with Crippen LogP contribution in [0.25, 0.3) is 4.96 Å². The van der Waals surface area contributed by atoms with Gasteiger partial charge in [0, 0.05) is 37.3 Å². The van der Waals surface area contributed by atoms with Crippen molar-refractivity contribution < 1.29 is 4.79 Å². The maximum atomic E-state index is 13.2. The maximum absolute atomic E-state index is 13.2. The van der Waals surface area contributed by atoms with Crippen LogP contribution in [0.15, 0.2) is 11.6 Å². The van der Waals surface area contributed by atoms with Gasteiger partial charge in [-0.25, -0.2) is 4.98 Å². The molecule has 4 heterocycles. The zero-order chi connectivity index (χ0) is 17.2. The van der Waals surface area contributed by atoms with Crippen LogP contribution in [-0.4, -0.2) is 50.8 Å². The molecule has 0 saturated carbocycles. The van der Waals surface area contributed by atoms with Gasteiger partial charge in [0.1, 0.15) is 0 Å². The fourth-order valence-electron chi connectivity index (χ4n) is 4.18. The molecule has 2 aromatic rings. The summed E-state index contributed by atoms with van der Waals surface area (Å²) >= 11 is 1.62. The van der Waals surface area contributed by atoms with Crippen molar-refractivity contribution in [2.75, 3.05) is 19.6 Å². The highest BCUT2D eigenvalue weighted by atomic mass is 32.1. The standard InChI is InChI=1S/C19H28N4OS/c1-15-8-7-11-22(15)14-16-17(20-19-23(16)12-13-25-19)18(24)21-9-5-3-2-4-6-10-21/h12-13,15H,2-11,14H2,1H3. The number of hydrogen-bond donors (Lipinski definition) is 0. The third kappa shape index (κ3) is 3.47. The van der Waals surface area contributed by atoms with Gasteiger partial charge in [0.25, 0.3) is 5.91 Å². The van der Waals surface area contributed by atoms with Crippen molar-refractivity contribution in [1.29, 1.82) is 0 Å². The summed E-state index contributed by atoms with van der Waals surface area (Å²) < 4.78 is 2.13. The zero-order valence-electron chi connectivity index (χ0n) is 15.1. The minimum absolute atomic E-state index is 0.139. The van der Waals surface area contributed by atoms with Crippen molar-refractivity contribution in [2.45, 2.75) is 64.5 Å². The molecule has 0 spiro atoms. The number of likely N-dealkylation sites (tertiary alicyclic amines) is 2. The van der Waals surface area contributed by atoms with E-state index in [9.17, 15) is 4.79 Å². The minimum Gasteiger partial charge on any atom is -0.337 e. The van der Waals surface area contributed by atoms with Crippen LogP contribution >= 0.6 is 11.3 Å². The third-order valence-corrected chi connectivity index (χ3v) is 6.51. The van der Waals surface area contributed by atoms with Gasteiger partial charge < -0.3 is 4.90 Å². The number of nitrogens with zero attached hydrogens (tertiary/aromatic N) is 4. The SMILES string of the molecule is CC1CCCN1Cc1c(C(=O)N2CCCCCCC2)nc2sccn12. The molecular formula is C19H28N4OS. The van der Waals surface area contributed by atoms with Gasteiger partial charge in [-0.15, -0.1) is 11.3 Å². The van der Waals surface area contributed by atoms with Crippen LogP contribution in [0.1, 0.15) is 68.1 Å². The second kappa shape index (κ2) is 7.46. The normalized spacial score (nSPS) is 23.1. The molecule has 1 amide bonds. The quantitative estimate of drug-likeness (QED) is 0.836. The van der Waals surface area contributed by atoms with Crippen LogP contribution in [0.3, 0.4) is 0 Å². The van der Waals surface area contributed by atoms with Gasteiger partial charge in [-0.2, -0.15) is 0 Å². The van der Waals surface area contributed by atoms with E-state index in [4.69, 9.17) is 4.98 Å². The Morgan fingerprint density at radius 3 is 2.64 bits per heavy atom. The van der Waals surface area contributed by atoms with E-state index in [0.29, 0.717) is 11.7 Å². The molecular weight excluding hydrogens is 332 g/mol. The lowest BCUT2D eigenvalue weighted by atomic mass is 10.1. The summed E-state index contributed by atoms with van der Waals surface area (Å²) in [6, 6.07) is 0.592. The Labute approximate surface area is 153 Å². The number of hydrogen-bond acceptors (Lipinski definition) is 4. The molecule has 0 bridgehead atoms. The van der Waals surface area contributed by atoms with E-state index < -0.39 is 0 Å². The Morgan fingerprint density at radius 1 is 1.16 bits per heavy atom. The minimum atomic E-state index is 0.139. The molecule has 6 heteroatoms. The van der Waals surface area contributed by atoms with Crippen LogP contribution in [0.2, 0.25) is 0 Å². The number of rotatable bonds is 3. The van der Waals surface area contributed by atoms with Crippen LogP contribution in [-0.2, 0) is 6.54 Å². The van der Waals surface area contributed by atoms with Crippen molar-refractivity contribution in [3.8, 4) is 0 Å². The second-order valence-corrected chi connectivity index (χ2v) is 8.36. The van der Waals surface area contributed by atoms with Crippen LogP contribution in [0.4, 0.5) is 0 Å². The molecule has 0 radical (unpaired) electrons. The summed E-state index contributed by atoms with van der Waals surface area (Å²) in [5.41, 5.74) is 1.77. The Balaban J connectivity index is 1.62. The fourth-order valence-corrected chi connectivity index (χ4v) is 4.91. The van der Waals surface area contributed by atoms with E-state index >= 15 is 0 Å². The predicted octanol–water partition coefficient (Wildman–Crippen LogP) is 3.79. The van der Waals surface area contributed by atoms with Gasteiger partial charge in [0.15, 0.2) is 10.7 Å². The summed E-state index contributed by atoms with van der Waals surface area (Å²) in [6.45, 7) is 6.00. The van der Waals surface area contributed by atoms with E-state index in [1.165, 1.54) is 32.1 Å². The monoisotopic (exact) mass is 360 g/mol. The molecule has 136 valence electrons. The average Bonchev–Trinajstić information content (AvgIpc) is 3.25. The number of carbonyl (C=O) groups excluding carboxylic acids is 1. The summed E-state index contributed by atoms with van der Waals surface area (Å²) in [5.74, 6) is 0.139. The van der Waals surface area contributed by atoms with Crippen molar-refractivity contribution in [3.05, 3.63) is 23.0 Å². The van der Waals surface area contributed by atoms with E-state index in [1.807, 2.05) is 4.90 Å². The number of thiazole rings is 1. The average molecular weight is 361 g/mol. The third-order valence-electron chi connectivity index (χ3n) is 5.75. The van der Waals surface area contributed by atoms with Gasteiger partial charge in [-0.1, -0.05) is 19.3 Å². The van der Waals surface area contributed by atoms with Gasteiger partial charge in [0.05, 0.1) is 5.69 Å². The van der Waals surface area contributed by atoms with E-state index in [2.05, 4.69) is 27.8 Å². The first-order valence-electron chi connectivity index (χ1n) is 9.72. The van der Waals surface area contributed by atoms with Crippen LogP contribution in [0.5, 0.6) is 0 Å². The number of amides is 1. The zero-order valence-corrected chi connectivity index (χ0v) is 15.9. The molecule has 4 rings (SSSR count). The highest BCUT2D eigenvalue weighted by Gasteiger charge is 2.28. The van der Waals surface area contributed by atoms with Crippen LogP contribution < -0.4 is 0 Å². The molecule has 0 aromatic carbocycles. The Bertz CT molecular complexity index is 729. The van der Waals surface area contributed by atoms with Gasteiger partial charge >= 0.3 is 0 Å². The second-order valence-electron chi connectivity index (χ2n) is 7.48. The summed E-state index contributed by atoms with van der Waals surface area (Å²) in [4.78, 5) is 23.5. The molecule has 2 saturated heterocycles. The molecule has 2 fully saturated rings. The van der Waals surface area contributed by atoms with Gasteiger partial charge in [-0.05, 0) is 39.2 Å². The topological polar surface area (TPSA) is 40.9 Å². The van der Waals surface area contributed by atoms with Gasteiger partial charge in [0.2, 0.25) is 0 Å².